The van der Waals surface area contributed by atoms with Crippen molar-refractivity contribution in [2.24, 2.45) is 0 Å². The zero-order valence-corrected chi connectivity index (χ0v) is 11.5. The monoisotopic (exact) mass is 281 g/mol. The molecule has 0 saturated heterocycles. The van der Waals surface area contributed by atoms with Gasteiger partial charge in [0.05, 0.1) is 5.02 Å². The first-order chi connectivity index (χ1) is 8.56. The number of halogens is 2. The average Bonchev–Trinajstić information content (AvgIpc) is 2.32. The number of benzene rings is 2. The molecule has 0 aromatic heterocycles. The van der Waals surface area contributed by atoms with E-state index in [0.717, 1.165) is 10.6 Å². The summed E-state index contributed by atoms with van der Waals surface area (Å²) >= 11 is 7.17. The third-order valence-electron chi connectivity index (χ3n) is 2.53. The lowest BCUT2D eigenvalue weighted by molar-refractivity contribution is 0.625. The Morgan fingerprint density at radius 2 is 2.06 bits per heavy atom. The zero-order valence-electron chi connectivity index (χ0n) is 9.91. The van der Waals surface area contributed by atoms with Crippen molar-refractivity contribution in [1.29, 1.82) is 0 Å². The van der Waals surface area contributed by atoms with Crippen LogP contribution in [0.3, 0.4) is 0 Å². The fourth-order valence-electron chi connectivity index (χ4n) is 1.63. The van der Waals surface area contributed by atoms with Crippen LogP contribution in [0.2, 0.25) is 5.02 Å². The van der Waals surface area contributed by atoms with Gasteiger partial charge in [0, 0.05) is 16.3 Å². The highest BCUT2D eigenvalue weighted by molar-refractivity contribution is 7.98. The van der Waals surface area contributed by atoms with Gasteiger partial charge in [0.1, 0.15) is 5.82 Å². The minimum Gasteiger partial charge on any atom is -0.398 e. The molecule has 2 aromatic carbocycles. The summed E-state index contributed by atoms with van der Waals surface area (Å²) in [5.41, 5.74) is 8.73. The second-order valence-corrected chi connectivity index (χ2v) is 5.51. The summed E-state index contributed by atoms with van der Waals surface area (Å²) in [5.74, 6) is 0.324. The molecule has 0 aliphatic heterocycles. The SMILES string of the molecule is Cc1cccc(CSc2cc(F)c(Cl)cc2N)c1. The fraction of sp³-hybridized carbons (Fsp3) is 0.143. The van der Waals surface area contributed by atoms with E-state index in [1.165, 1.54) is 35.0 Å². The van der Waals surface area contributed by atoms with Gasteiger partial charge in [-0.05, 0) is 24.6 Å². The number of nitrogen functional groups attached to an aromatic ring is 1. The van der Waals surface area contributed by atoms with Crippen LogP contribution in [0.15, 0.2) is 41.3 Å². The van der Waals surface area contributed by atoms with Crippen LogP contribution in [0.1, 0.15) is 11.1 Å². The van der Waals surface area contributed by atoms with E-state index in [2.05, 4.69) is 6.07 Å². The van der Waals surface area contributed by atoms with Gasteiger partial charge in [-0.25, -0.2) is 4.39 Å². The van der Waals surface area contributed by atoms with Crippen molar-refractivity contribution in [1.82, 2.24) is 0 Å². The summed E-state index contributed by atoms with van der Waals surface area (Å²) in [6.45, 7) is 2.05. The lowest BCUT2D eigenvalue weighted by Crippen LogP contribution is -1.91. The number of hydrogen-bond acceptors (Lipinski definition) is 2. The van der Waals surface area contributed by atoms with Gasteiger partial charge < -0.3 is 5.73 Å². The minimum atomic E-state index is -0.433. The van der Waals surface area contributed by atoms with Gasteiger partial charge in [-0.15, -0.1) is 11.8 Å². The molecule has 18 heavy (non-hydrogen) atoms. The van der Waals surface area contributed by atoms with Gasteiger partial charge in [-0.2, -0.15) is 0 Å². The predicted octanol–water partition coefficient (Wildman–Crippen LogP) is 4.66. The summed E-state index contributed by atoms with van der Waals surface area (Å²) in [4.78, 5) is 0.721. The molecule has 0 saturated carbocycles. The molecule has 0 heterocycles. The second-order valence-electron chi connectivity index (χ2n) is 4.08. The first-order valence-electron chi connectivity index (χ1n) is 5.49. The summed E-state index contributed by atoms with van der Waals surface area (Å²) < 4.78 is 13.3. The maximum Gasteiger partial charge on any atom is 0.143 e. The van der Waals surface area contributed by atoms with E-state index >= 15 is 0 Å². The summed E-state index contributed by atoms with van der Waals surface area (Å²) in [6.07, 6.45) is 0. The predicted molar refractivity (Wildman–Crippen MR) is 76.6 cm³/mol. The van der Waals surface area contributed by atoms with Crippen LogP contribution in [-0.2, 0) is 5.75 Å². The average molecular weight is 282 g/mol. The molecule has 0 aliphatic rings. The van der Waals surface area contributed by atoms with Crippen molar-refractivity contribution in [3.05, 3.63) is 58.4 Å². The molecule has 0 aliphatic carbocycles. The molecular weight excluding hydrogens is 269 g/mol. The van der Waals surface area contributed by atoms with Crippen molar-refractivity contribution in [2.75, 3.05) is 5.73 Å². The van der Waals surface area contributed by atoms with Crippen LogP contribution in [0.4, 0.5) is 10.1 Å². The Hall–Kier alpha value is -1.19. The van der Waals surface area contributed by atoms with Gasteiger partial charge >= 0.3 is 0 Å². The maximum absolute atomic E-state index is 13.3. The van der Waals surface area contributed by atoms with Gasteiger partial charge in [-0.3, -0.25) is 0 Å². The molecule has 4 heteroatoms. The van der Waals surface area contributed by atoms with Gasteiger partial charge in [0.25, 0.3) is 0 Å². The summed E-state index contributed by atoms with van der Waals surface area (Å²) in [6, 6.07) is 11.0. The van der Waals surface area contributed by atoms with E-state index in [4.69, 9.17) is 17.3 Å². The van der Waals surface area contributed by atoms with Gasteiger partial charge in [0.15, 0.2) is 0 Å². The highest BCUT2D eigenvalue weighted by Gasteiger charge is 2.07. The zero-order chi connectivity index (χ0) is 13.1. The number of hydrogen-bond donors (Lipinski definition) is 1. The summed E-state index contributed by atoms with van der Waals surface area (Å²) in [5, 5.41) is 0.0624. The van der Waals surface area contributed by atoms with E-state index in [9.17, 15) is 4.39 Å². The number of thioether (sulfide) groups is 1. The van der Waals surface area contributed by atoms with Crippen molar-refractivity contribution in [3.63, 3.8) is 0 Å². The number of nitrogens with two attached hydrogens (primary N) is 1. The van der Waals surface area contributed by atoms with Crippen LogP contribution >= 0.6 is 23.4 Å². The number of rotatable bonds is 3. The molecule has 2 aromatic rings. The minimum absolute atomic E-state index is 0.0624. The molecule has 0 spiro atoms. The van der Waals surface area contributed by atoms with Crippen molar-refractivity contribution >= 4 is 29.1 Å². The molecule has 94 valence electrons. The van der Waals surface area contributed by atoms with Gasteiger partial charge in [0.2, 0.25) is 0 Å². The Balaban J connectivity index is 2.13. The Kier molecular flexibility index (Phi) is 4.15. The molecule has 0 fully saturated rings. The first kappa shape index (κ1) is 13.2. The first-order valence-corrected chi connectivity index (χ1v) is 6.85. The standard InChI is InChI=1S/C14H13ClFNS/c1-9-3-2-4-10(5-9)8-18-14-7-12(16)11(15)6-13(14)17/h2-7H,8,17H2,1H3. The van der Waals surface area contributed by atoms with Crippen LogP contribution in [0, 0.1) is 12.7 Å². The molecule has 0 amide bonds. The molecular formula is C14H13ClFNS. The summed E-state index contributed by atoms with van der Waals surface area (Å²) in [7, 11) is 0. The quantitative estimate of drug-likeness (QED) is 0.654. The number of anilines is 1. The Morgan fingerprint density at radius 1 is 1.28 bits per heavy atom. The second kappa shape index (κ2) is 5.63. The highest BCUT2D eigenvalue weighted by Crippen LogP contribution is 2.32. The van der Waals surface area contributed by atoms with Crippen molar-refractivity contribution in [2.45, 2.75) is 17.6 Å². The highest BCUT2D eigenvalue weighted by atomic mass is 35.5. The van der Waals surface area contributed by atoms with Crippen LogP contribution in [0.5, 0.6) is 0 Å². The maximum atomic E-state index is 13.3. The normalized spacial score (nSPS) is 10.6. The van der Waals surface area contributed by atoms with Crippen molar-refractivity contribution in [3.8, 4) is 0 Å². The molecule has 2 N–H and O–H groups in total. The van der Waals surface area contributed by atoms with E-state index in [0.29, 0.717) is 5.69 Å². The van der Waals surface area contributed by atoms with E-state index in [1.807, 2.05) is 25.1 Å². The van der Waals surface area contributed by atoms with E-state index in [1.54, 1.807) is 0 Å². The molecule has 0 unspecified atom stereocenters. The van der Waals surface area contributed by atoms with E-state index < -0.39 is 5.82 Å². The topological polar surface area (TPSA) is 26.0 Å². The largest absolute Gasteiger partial charge is 0.398 e. The Bertz CT molecular complexity index is 572. The van der Waals surface area contributed by atoms with Gasteiger partial charge in [-0.1, -0.05) is 41.4 Å². The third kappa shape index (κ3) is 3.18. The van der Waals surface area contributed by atoms with Crippen molar-refractivity contribution < 1.29 is 4.39 Å². The third-order valence-corrected chi connectivity index (χ3v) is 3.96. The number of aryl methyl sites for hydroxylation is 1. The smallest absolute Gasteiger partial charge is 0.143 e. The lowest BCUT2D eigenvalue weighted by Gasteiger charge is -2.07. The van der Waals surface area contributed by atoms with Crippen LogP contribution in [0.25, 0.3) is 0 Å². The Morgan fingerprint density at radius 3 is 2.78 bits per heavy atom. The molecule has 0 bridgehead atoms. The Labute approximate surface area is 115 Å². The van der Waals surface area contributed by atoms with Crippen LogP contribution in [-0.4, -0.2) is 0 Å². The van der Waals surface area contributed by atoms with Crippen LogP contribution < -0.4 is 5.73 Å². The molecule has 0 atom stereocenters. The van der Waals surface area contributed by atoms with E-state index in [-0.39, 0.29) is 5.02 Å². The molecule has 1 nitrogen and oxygen atoms in total. The lowest BCUT2D eigenvalue weighted by atomic mass is 10.2. The molecule has 2 rings (SSSR count). The molecule has 0 radical (unpaired) electrons. The fourth-order valence-corrected chi connectivity index (χ4v) is 2.72.